The molecular weight excluding hydrogens is 610 g/mol. The highest BCUT2D eigenvalue weighted by Crippen LogP contribution is 2.47. The second kappa shape index (κ2) is 11.5. The van der Waals surface area contributed by atoms with Gasteiger partial charge in [0.25, 0.3) is 0 Å². The van der Waals surface area contributed by atoms with E-state index >= 15 is 4.39 Å². The number of carbonyl (C=O) groups excluding carboxylic acids is 1. The molecule has 0 radical (unpaired) electrons. The van der Waals surface area contributed by atoms with Gasteiger partial charge in [0.05, 0.1) is 47.4 Å². The van der Waals surface area contributed by atoms with Crippen LogP contribution in [0.25, 0.3) is 54.8 Å². The Morgan fingerprint density at radius 2 is 2.02 bits per heavy atom. The smallest absolute Gasteiger partial charge is 0.246 e. The lowest BCUT2D eigenvalue weighted by atomic mass is 9.96. The molecule has 1 aliphatic rings. The Kier molecular flexibility index (Phi) is 7.41. The summed E-state index contributed by atoms with van der Waals surface area (Å²) in [5.74, 6) is -1.87. The molecule has 6 aromatic rings. The molecule has 12 heteroatoms. The summed E-state index contributed by atoms with van der Waals surface area (Å²) in [6.45, 7) is 7.73. The van der Waals surface area contributed by atoms with Crippen molar-refractivity contribution in [2.75, 3.05) is 13.2 Å². The third-order valence-corrected chi connectivity index (χ3v) is 9.11. The summed E-state index contributed by atoms with van der Waals surface area (Å²) in [6, 6.07) is 11.5. The second-order valence-corrected chi connectivity index (χ2v) is 12.5. The number of benzene rings is 2. The van der Waals surface area contributed by atoms with Crippen molar-refractivity contribution in [3.63, 3.8) is 0 Å². The number of amides is 1. The van der Waals surface area contributed by atoms with Crippen LogP contribution in [0, 0.1) is 11.6 Å². The Morgan fingerprint density at radius 1 is 1.20 bits per heavy atom. The fourth-order valence-corrected chi connectivity index (χ4v) is 7.04. The molecule has 1 amide bonds. The number of hydrogen-bond donors (Lipinski definition) is 1. The van der Waals surface area contributed by atoms with E-state index in [0.717, 1.165) is 39.7 Å². The maximum absolute atomic E-state index is 16.0. The number of aliphatic hydroxyl groups is 1. The molecule has 2 unspecified atom stereocenters. The largest absolute Gasteiger partial charge is 0.490 e. The lowest BCUT2D eigenvalue weighted by molar-refractivity contribution is -0.127. The van der Waals surface area contributed by atoms with E-state index in [1.165, 1.54) is 24.3 Å². The summed E-state index contributed by atoms with van der Waals surface area (Å²) in [5.41, 5.74) is 4.51. The van der Waals surface area contributed by atoms with E-state index in [1.54, 1.807) is 15.8 Å². The zero-order valence-corrected chi connectivity index (χ0v) is 26.2. The van der Waals surface area contributed by atoms with Crippen LogP contribution in [0.15, 0.2) is 66.7 Å². The molecule has 5 heterocycles. The Balaban J connectivity index is 1.51. The predicted molar refractivity (Wildman–Crippen MR) is 173 cm³/mol. The highest BCUT2D eigenvalue weighted by molar-refractivity contribution is 7.18. The van der Waals surface area contributed by atoms with Crippen LogP contribution < -0.4 is 4.74 Å². The number of aryl methyl sites for hydroxylation is 1. The molecule has 46 heavy (non-hydrogen) atoms. The number of halogens is 2. The zero-order chi connectivity index (χ0) is 32.3. The van der Waals surface area contributed by atoms with Gasteiger partial charge in [-0.2, -0.15) is 10.2 Å². The minimum atomic E-state index is -0.870. The zero-order valence-electron chi connectivity index (χ0n) is 25.4. The van der Waals surface area contributed by atoms with Crippen LogP contribution in [0.4, 0.5) is 8.78 Å². The molecule has 234 valence electrons. The lowest BCUT2D eigenvalue weighted by Gasteiger charge is -2.31. The SMILES string of the molecule is C=CC(=O)N1Cc2cc(-c3nc(-c4ccc5c(cnn5C)c4)c4ccsc4c3-c3c(F)cc(F)cc3OCC(C)O)nn2C(C)C1. The van der Waals surface area contributed by atoms with Crippen molar-refractivity contribution in [1.82, 2.24) is 29.4 Å². The van der Waals surface area contributed by atoms with Crippen molar-refractivity contribution in [3.8, 4) is 39.5 Å². The molecular formula is C34H30F2N6O3S. The highest BCUT2D eigenvalue weighted by atomic mass is 32.1. The minimum Gasteiger partial charge on any atom is -0.490 e. The number of fused-ring (bicyclic) bond motifs is 3. The summed E-state index contributed by atoms with van der Waals surface area (Å²) in [5, 5.41) is 22.9. The number of thiophene rings is 1. The van der Waals surface area contributed by atoms with E-state index in [4.69, 9.17) is 14.8 Å². The number of nitrogens with zero attached hydrogens (tertiary/aromatic N) is 6. The average Bonchev–Trinajstić information content (AvgIpc) is 3.78. The van der Waals surface area contributed by atoms with Crippen LogP contribution >= 0.6 is 11.3 Å². The van der Waals surface area contributed by atoms with Gasteiger partial charge in [-0.3, -0.25) is 14.2 Å². The first-order valence-electron chi connectivity index (χ1n) is 14.8. The van der Waals surface area contributed by atoms with Crippen LogP contribution in [0.3, 0.4) is 0 Å². The van der Waals surface area contributed by atoms with Crippen LogP contribution in [-0.2, 0) is 18.4 Å². The fraction of sp³-hybridized carbons (Fsp3) is 0.235. The van der Waals surface area contributed by atoms with Crippen molar-refractivity contribution < 1.29 is 23.4 Å². The van der Waals surface area contributed by atoms with Gasteiger partial charge in [0.2, 0.25) is 5.91 Å². The summed E-state index contributed by atoms with van der Waals surface area (Å²) in [7, 11) is 1.88. The molecule has 2 atom stereocenters. The number of carbonyl (C=O) groups is 1. The topological polar surface area (TPSA) is 98.3 Å². The van der Waals surface area contributed by atoms with Gasteiger partial charge in [0.15, 0.2) is 0 Å². The monoisotopic (exact) mass is 640 g/mol. The van der Waals surface area contributed by atoms with Gasteiger partial charge in [0, 0.05) is 52.3 Å². The maximum Gasteiger partial charge on any atom is 0.246 e. The summed E-state index contributed by atoms with van der Waals surface area (Å²) < 4.78 is 40.8. The number of rotatable bonds is 7. The van der Waals surface area contributed by atoms with Gasteiger partial charge in [-0.25, -0.2) is 13.8 Å². The van der Waals surface area contributed by atoms with Crippen molar-refractivity contribution in [2.24, 2.45) is 7.05 Å². The Bertz CT molecular complexity index is 2170. The maximum atomic E-state index is 16.0. The number of hydrogen-bond acceptors (Lipinski definition) is 7. The third-order valence-electron chi connectivity index (χ3n) is 8.17. The molecule has 7 rings (SSSR count). The molecule has 0 aliphatic carbocycles. The summed E-state index contributed by atoms with van der Waals surface area (Å²) >= 11 is 1.40. The molecule has 0 bridgehead atoms. The third kappa shape index (κ3) is 5.03. The Hall–Kier alpha value is -4.94. The molecule has 0 saturated carbocycles. The standard InChI is InChI=1S/C34H30F2N6O3S/c1-5-29(44)41-15-18(2)42-23(16-41)13-26(39-42)33-31(30-25(36)11-22(35)12-28(30)45-17-19(3)43)34-24(8-9-46-34)32(38-33)20-6-7-27-21(10-20)14-37-40(27)4/h5-14,18-19,43H,1,15-17H2,2-4H3. The molecule has 0 fully saturated rings. The van der Waals surface area contributed by atoms with Crippen molar-refractivity contribution in [2.45, 2.75) is 32.5 Å². The summed E-state index contributed by atoms with van der Waals surface area (Å²) in [4.78, 5) is 19.4. The van der Waals surface area contributed by atoms with Gasteiger partial charge in [-0.05, 0) is 49.6 Å². The first kappa shape index (κ1) is 29.8. The number of aromatic nitrogens is 5. The van der Waals surface area contributed by atoms with Crippen LogP contribution in [-0.4, -0.2) is 59.7 Å². The van der Waals surface area contributed by atoms with Crippen LogP contribution in [0.2, 0.25) is 0 Å². The molecule has 0 saturated heterocycles. The van der Waals surface area contributed by atoms with Gasteiger partial charge >= 0.3 is 0 Å². The number of aliphatic hydroxyl groups excluding tert-OH is 1. The van der Waals surface area contributed by atoms with Gasteiger partial charge < -0.3 is 14.7 Å². The van der Waals surface area contributed by atoms with Gasteiger partial charge in [-0.15, -0.1) is 11.3 Å². The molecule has 2 aromatic carbocycles. The number of ether oxygens (including phenoxy) is 1. The van der Waals surface area contributed by atoms with E-state index in [1.807, 2.05) is 54.4 Å². The van der Waals surface area contributed by atoms with E-state index < -0.39 is 17.7 Å². The molecule has 1 N–H and O–H groups in total. The summed E-state index contributed by atoms with van der Waals surface area (Å²) in [6.07, 6.45) is 2.21. The average molecular weight is 641 g/mol. The fourth-order valence-electron chi connectivity index (χ4n) is 6.09. The first-order chi connectivity index (χ1) is 22.1. The molecule has 1 aliphatic heterocycles. The van der Waals surface area contributed by atoms with E-state index in [2.05, 4.69) is 11.7 Å². The minimum absolute atomic E-state index is 0.0220. The van der Waals surface area contributed by atoms with E-state index in [9.17, 15) is 14.3 Å². The van der Waals surface area contributed by atoms with Crippen molar-refractivity contribution >= 4 is 38.2 Å². The van der Waals surface area contributed by atoms with Crippen molar-refractivity contribution in [1.29, 1.82) is 0 Å². The van der Waals surface area contributed by atoms with Crippen molar-refractivity contribution in [3.05, 3.63) is 84.0 Å². The number of pyridine rings is 1. The second-order valence-electron chi connectivity index (χ2n) is 11.5. The predicted octanol–water partition coefficient (Wildman–Crippen LogP) is 6.51. The highest BCUT2D eigenvalue weighted by Gasteiger charge is 2.30. The Morgan fingerprint density at radius 3 is 2.80 bits per heavy atom. The van der Waals surface area contributed by atoms with Gasteiger partial charge in [0.1, 0.15) is 35.4 Å². The molecule has 0 spiro atoms. The normalized spacial score (nSPS) is 15.3. The quantitative estimate of drug-likeness (QED) is 0.200. The first-order valence-corrected chi connectivity index (χ1v) is 15.6. The molecule has 4 aromatic heterocycles. The van der Waals surface area contributed by atoms with Crippen LogP contribution in [0.5, 0.6) is 5.75 Å². The van der Waals surface area contributed by atoms with Crippen LogP contribution in [0.1, 0.15) is 25.6 Å². The molecule has 9 nitrogen and oxygen atoms in total. The van der Waals surface area contributed by atoms with E-state index in [-0.39, 0.29) is 29.9 Å². The van der Waals surface area contributed by atoms with E-state index in [0.29, 0.717) is 40.4 Å². The Labute approximate surface area is 267 Å². The van der Waals surface area contributed by atoms with Gasteiger partial charge in [-0.1, -0.05) is 12.6 Å². The lowest BCUT2D eigenvalue weighted by Crippen LogP contribution is -2.39.